The fraction of sp³-hybridized carbons (Fsp3) is 0.348. The number of rotatable bonds is 8. The molecule has 7 heteroatoms. The zero-order valence-corrected chi connectivity index (χ0v) is 16.9. The summed E-state index contributed by atoms with van der Waals surface area (Å²) in [6, 6.07) is 18.4. The first-order valence-corrected chi connectivity index (χ1v) is 9.94. The molecule has 158 valence electrons. The van der Waals surface area contributed by atoms with Crippen molar-refractivity contribution in [1.29, 1.82) is 0 Å². The molecule has 1 saturated heterocycles. The van der Waals surface area contributed by atoms with E-state index in [1.54, 1.807) is 7.05 Å². The van der Waals surface area contributed by atoms with Gasteiger partial charge in [0.25, 0.3) is 5.91 Å². The summed E-state index contributed by atoms with van der Waals surface area (Å²) in [6.45, 7) is 0.275. The quantitative estimate of drug-likeness (QED) is 0.720. The van der Waals surface area contributed by atoms with Gasteiger partial charge in [-0.05, 0) is 17.5 Å². The second kappa shape index (κ2) is 10.0. The number of carbonyl (C=O) groups excluding carboxylic acids is 2. The first-order valence-electron chi connectivity index (χ1n) is 9.94. The molecule has 1 N–H and O–H groups in total. The van der Waals surface area contributed by atoms with Crippen LogP contribution < -0.4 is 0 Å². The summed E-state index contributed by atoms with van der Waals surface area (Å²) in [7, 11) is 1.66. The Balaban J connectivity index is 1.82. The average molecular weight is 410 g/mol. The monoisotopic (exact) mass is 410 g/mol. The molecule has 0 aromatic heterocycles. The summed E-state index contributed by atoms with van der Waals surface area (Å²) in [6.07, 6.45) is -0.443. The number of carbonyl (C=O) groups is 3. The van der Waals surface area contributed by atoms with Gasteiger partial charge >= 0.3 is 5.97 Å². The molecule has 0 unspecified atom stereocenters. The van der Waals surface area contributed by atoms with Gasteiger partial charge in [-0.25, -0.2) is 0 Å². The Morgan fingerprint density at radius 1 is 1.07 bits per heavy atom. The van der Waals surface area contributed by atoms with Crippen molar-refractivity contribution in [2.75, 3.05) is 26.7 Å². The topological polar surface area (TPSA) is 87.2 Å². The molecule has 0 saturated carbocycles. The van der Waals surface area contributed by atoms with Gasteiger partial charge in [-0.15, -0.1) is 0 Å². The van der Waals surface area contributed by atoms with Crippen LogP contribution in [0.15, 0.2) is 60.7 Å². The number of likely N-dealkylation sites (N-methyl/N-ethyl adjacent to an activating group) is 1. The Morgan fingerprint density at radius 3 is 2.33 bits per heavy atom. The number of benzene rings is 2. The lowest BCUT2D eigenvalue weighted by Crippen LogP contribution is -2.54. The van der Waals surface area contributed by atoms with Crippen molar-refractivity contribution in [2.24, 2.45) is 0 Å². The van der Waals surface area contributed by atoms with E-state index in [-0.39, 0.29) is 31.4 Å². The highest BCUT2D eigenvalue weighted by Crippen LogP contribution is 2.30. The SMILES string of the molecule is CN1C(=O)CO[C@@H](C(=O)N(CCC(=O)O)CCc2ccccc2)[C@H]1c1ccccc1. The minimum absolute atomic E-state index is 0.0834. The van der Waals surface area contributed by atoms with E-state index in [1.165, 1.54) is 9.80 Å². The number of hydrogen-bond donors (Lipinski definition) is 1. The summed E-state index contributed by atoms with van der Waals surface area (Å²) >= 11 is 0. The van der Waals surface area contributed by atoms with Gasteiger partial charge < -0.3 is 19.6 Å². The van der Waals surface area contributed by atoms with Crippen molar-refractivity contribution >= 4 is 17.8 Å². The van der Waals surface area contributed by atoms with E-state index in [2.05, 4.69) is 0 Å². The zero-order valence-electron chi connectivity index (χ0n) is 16.9. The summed E-state index contributed by atoms with van der Waals surface area (Å²) in [4.78, 5) is 39.9. The molecule has 3 rings (SSSR count). The molecule has 1 aliphatic heterocycles. The highest BCUT2D eigenvalue weighted by atomic mass is 16.5. The lowest BCUT2D eigenvalue weighted by Gasteiger charge is -2.40. The molecular formula is C23H26N2O5. The number of hydrogen-bond acceptors (Lipinski definition) is 4. The number of carboxylic acids is 1. The minimum Gasteiger partial charge on any atom is -0.481 e. The zero-order chi connectivity index (χ0) is 21.5. The fourth-order valence-corrected chi connectivity index (χ4v) is 3.62. The van der Waals surface area contributed by atoms with E-state index in [1.807, 2.05) is 60.7 Å². The second-order valence-electron chi connectivity index (χ2n) is 7.30. The van der Waals surface area contributed by atoms with E-state index in [0.717, 1.165) is 11.1 Å². The second-order valence-corrected chi connectivity index (χ2v) is 7.30. The van der Waals surface area contributed by atoms with Crippen LogP contribution in [0.2, 0.25) is 0 Å². The van der Waals surface area contributed by atoms with E-state index in [9.17, 15) is 14.4 Å². The van der Waals surface area contributed by atoms with Gasteiger partial charge in [-0.2, -0.15) is 0 Å². The molecule has 2 atom stereocenters. The van der Waals surface area contributed by atoms with Crippen LogP contribution in [0.5, 0.6) is 0 Å². The molecule has 0 radical (unpaired) electrons. The lowest BCUT2D eigenvalue weighted by atomic mass is 9.97. The highest BCUT2D eigenvalue weighted by Gasteiger charge is 2.41. The predicted octanol–water partition coefficient (Wildman–Crippen LogP) is 2.13. The van der Waals surface area contributed by atoms with E-state index in [0.29, 0.717) is 13.0 Å². The summed E-state index contributed by atoms with van der Waals surface area (Å²) in [5, 5.41) is 9.12. The molecule has 1 fully saturated rings. The van der Waals surface area contributed by atoms with Gasteiger partial charge in [0.15, 0.2) is 6.10 Å². The number of nitrogens with zero attached hydrogens (tertiary/aromatic N) is 2. The van der Waals surface area contributed by atoms with Gasteiger partial charge in [0.1, 0.15) is 6.61 Å². The number of morpholine rings is 1. The van der Waals surface area contributed by atoms with E-state index < -0.39 is 18.1 Å². The van der Waals surface area contributed by atoms with Gasteiger partial charge in [-0.3, -0.25) is 14.4 Å². The molecule has 0 spiro atoms. The molecule has 2 aromatic rings. The first-order chi connectivity index (χ1) is 14.5. The molecule has 1 heterocycles. The maximum Gasteiger partial charge on any atom is 0.305 e. The van der Waals surface area contributed by atoms with Crippen molar-refractivity contribution in [3.05, 3.63) is 71.8 Å². The smallest absolute Gasteiger partial charge is 0.305 e. The van der Waals surface area contributed by atoms with Gasteiger partial charge in [0.2, 0.25) is 5.91 Å². The standard InChI is InChI=1S/C23H26N2O5/c1-24-19(26)16-30-22(21(24)18-10-6-3-7-11-18)23(29)25(15-13-20(27)28)14-12-17-8-4-2-5-9-17/h2-11,21-22H,12-16H2,1H3,(H,27,28)/t21-,22-/m1/s1. The number of ether oxygens (including phenoxy) is 1. The molecule has 0 aliphatic carbocycles. The lowest BCUT2D eigenvalue weighted by molar-refractivity contribution is -0.167. The highest BCUT2D eigenvalue weighted by molar-refractivity contribution is 5.86. The van der Waals surface area contributed by atoms with Crippen LogP contribution in [0.1, 0.15) is 23.6 Å². The maximum absolute atomic E-state index is 13.4. The van der Waals surface area contributed by atoms with Crippen molar-refractivity contribution in [1.82, 2.24) is 9.80 Å². The Labute approximate surface area is 175 Å². The van der Waals surface area contributed by atoms with Crippen LogP contribution in [0, 0.1) is 0 Å². The molecule has 1 aliphatic rings. The van der Waals surface area contributed by atoms with Crippen molar-refractivity contribution in [2.45, 2.75) is 25.0 Å². The largest absolute Gasteiger partial charge is 0.481 e. The third kappa shape index (κ3) is 5.24. The summed E-state index contributed by atoms with van der Waals surface area (Å²) in [5.41, 5.74) is 1.86. The number of carboxylic acid groups (broad SMARTS) is 1. The maximum atomic E-state index is 13.4. The minimum atomic E-state index is -0.969. The van der Waals surface area contributed by atoms with Crippen LogP contribution >= 0.6 is 0 Å². The molecule has 7 nitrogen and oxygen atoms in total. The third-order valence-corrected chi connectivity index (χ3v) is 5.29. The fourth-order valence-electron chi connectivity index (χ4n) is 3.62. The predicted molar refractivity (Wildman–Crippen MR) is 111 cm³/mol. The van der Waals surface area contributed by atoms with Crippen LogP contribution in [0.3, 0.4) is 0 Å². The van der Waals surface area contributed by atoms with Crippen LogP contribution in [-0.2, 0) is 25.5 Å². The van der Waals surface area contributed by atoms with Gasteiger partial charge in [-0.1, -0.05) is 60.7 Å². The molecule has 2 aromatic carbocycles. The number of aliphatic carboxylic acids is 1. The van der Waals surface area contributed by atoms with Gasteiger partial charge in [0, 0.05) is 20.1 Å². The average Bonchev–Trinajstić information content (AvgIpc) is 2.76. The Morgan fingerprint density at radius 2 is 1.70 bits per heavy atom. The number of amides is 2. The van der Waals surface area contributed by atoms with Crippen molar-refractivity contribution < 1.29 is 24.2 Å². The van der Waals surface area contributed by atoms with Crippen LogP contribution in [0.4, 0.5) is 0 Å². The molecule has 0 bridgehead atoms. The van der Waals surface area contributed by atoms with Crippen molar-refractivity contribution in [3.8, 4) is 0 Å². The van der Waals surface area contributed by atoms with Crippen LogP contribution in [-0.4, -0.2) is 65.5 Å². The Kier molecular flexibility index (Phi) is 7.19. The van der Waals surface area contributed by atoms with E-state index >= 15 is 0 Å². The molecule has 30 heavy (non-hydrogen) atoms. The normalized spacial score (nSPS) is 18.8. The summed E-state index contributed by atoms with van der Waals surface area (Å²) < 4.78 is 5.70. The van der Waals surface area contributed by atoms with Crippen molar-refractivity contribution in [3.63, 3.8) is 0 Å². The van der Waals surface area contributed by atoms with E-state index in [4.69, 9.17) is 9.84 Å². The third-order valence-electron chi connectivity index (χ3n) is 5.29. The Hall–Kier alpha value is -3.19. The summed E-state index contributed by atoms with van der Waals surface area (Å²) in [5.74, 6) is -1.47. The first kappa shape index (κ1) is 21.5. The Bertz CT molecular complexity index is 872. The molecule has 2 amide bonds. The van der Waals surface area contributed by atoms with Gasteiger partial charge in [0.05, 0.1) is 12.5 Å². The van der Waals surface area contributed by atoms with Crippen LogP contribution in [0.25, 0.3) is 0 Å². The molecular weight excluding hydrogens is 384 g/mol.